The van der Waals surface area contributed by atoms with Gasteiger partial charge in [0.1, 0.15) is 6.54 Å². The number of aliphatic hydroxyl groups is 1. The molecule has 2 fully saturated rings. The zero-order valence-electron chi connectivity index (χ0n) is 13.3. The van der Waals surface area contributed by atoms with Crippen LogP contribution in [0.15, 0.2) is 12.3 Å². The molecule has 122 valence electrons. The Bertz CT molecular complexity index is 508. The second kappa shape index (κ2) is 6.79. The minimum Gasteiger partial charge on any atom is -0.392 e. The van der Waals surface area contributed by atoms with Crippen molar-refractivity contribution in [3.05, 3.63) is 18.0 Å². The van der Waals surface area contributed by atoms with Crippen LogP contribution in [0.3, 0.4) is 0 Å². The minimum atomic E-state index is -0.170. The molecule has 2 saturated heterocycles. The van der Waals surface area contributed by atoms with E-state index in [0.29, 0.717) is 12.6 Å². The highest BCUT2D eigenvalue weighted by Gasteiger charge is 2.29. The molecule has 0 bridgehead atoms. The van der Waals surface area contributed by atoms with Crippen LogP contribution in [0, 0.1) is 6.92 Å². The van der Waals surface area contributed by atoms with Crippen LogP contribution in [-0.4, -0.2) is 68.9 Å². The maximum absolute atomic E-state index is 12.4. The summed E-state index contributed by atoms with van der Waals surface area (Å²) in [4.78, 5) is 16.7. The third kappa shape index (κ3) is 3.50. The molecule has 0 saturated carbocycles. The summed E-state index contributed by atoms with van der Waals surface area (Å²) in [5.41, 5.74) is 1.02. The Morgan fingerprint density at radius 3 is 2.73 bits per heavy atom. The van der Waals surface area contributed by atoms with E-state index in [1.807, 2.05) is 17.9 Å². The largest absolute Gasteiger partial charge is 0.392 e. The number of carbonyl (C=O) groups excluding carboxylic acids is 1. The molecule has 6 nitrogen and oxygen atoms in total. The number of hydrogen-bond acceptors (Lipinski definition) is 4. The van der Waals surface area contributed by atoms with E-state index in [-0.39, 0.29) is 12.0 Å². The normalized spacial score (nSPS) is 24.6. The molecule has 1 aromatic rings. The van der Waals surface area contributed by atoms with E-state index in [1.165, 1.54) is 0 Å². The second-order valence-corrected chi connectivity index (χ2v) is 6.53. The molecule has 3 heterocycles. The summed E-state index contributed by atoms with van der Waals surface area (Å²) in [6.07, 6.45) is 5.59. The van der Waals surface area contributed by atoms with Crippen LogP contribution in [0.4, 0.5) is 0 Å². The predicted octanol–water partition coefficient (Wildman–Crippen LogP) is 0.639. The molecule has 0 unspecified atom stereocenters. The molecule has 6 heteroatoms. The van der Waals surface area contributed by atoms with E-state index in [1.54, 1.807) is 10.9 Å². The van der Waals surface area contributed by atoms with Crippen LogP contribution >= 0.6 is 0 Å². The van der Waals surface area contributed by atoms with Gasteiger partial charge in [-0.25, -0.2) is 0 Å². The van der Waals surface area contributed by atoms with E-state index in [4.69, 9.17) is 0 Å². The highest BCUT2D eigenvalue weighted by molar-refractivity contribution is 5.76. The Kier molecular flexibility index (Phi) is 4.78. The number of amides is 1. The van der Waals surface area contributed by atoms with Crippen molar-refractivity contribution in [2.75, 3.05) is 26.2 Å². The van der Waals surface area contributed by atoms with Crippen LogP contribution in [0.1, 0.15) is 31.4 Å². The fourth-order valence-electron chi connectivity index (χ4n) is 3.59. The molecule has 2 aliphatic rings. The minimum absolute atomic E-state index is 0.156. The summed E-state index contributed by atoms with van der Waals surface area (Å²) in [6.45, 7) is 5.82. The van der Waals surface area contributed by atoms with Gasteiger partial charge in [0.25, 0.3) is 0 Å². The van der Waals surface area contributed by atoms with Crippen LogP contribution in [0.25, 0.3) is 0 Å². The van der Waals surface area contributed by atoms with Gasteiger partial charge in [-0.2, -0.15) is 5.10 Å². The van der Waals surface area contributed by atoms with Gasteiger partial charge in [-0.1, -0.05) is 0 Å². The second-order valence-electron chi connectivity index (χ2n) is 6.53. The number of hydrogen-bond donors (Lipinski definition) is 1. The van der Waals surface area contributed by atoms with Gasteiger partial charge in [0.15, 0.2) is 0 Å². The Balaban J connectivity index is 1.49. The van der Waals surface area contributed by atoms with Gasteiger partial charge in [-0.05, 0) is 45.2 Å². The maximum atomic E-state index is 12.4. The SMILES string of the molecule is Cc1ccnn1CC(=O)N1CCC(N2CCC[C@H](O)C2)CC1. The van der Waals surface area contributed by atoms with Crippen molar-refractivity contribution in [2.45, 2.75) is 51.3 Å². The lowest BCUT2D eigenvalue weighted by atomic mass is 9.99. The zero-order valence-corrected chi connectivity index (χ0v) is 13.3. The van der Waals surface area contributed by atoms with Gasteiger partial charge in [-0.3, -0.25) is 14.4 Å². The monoisotopic (exact) mass is 306 g/mol. The Labute approximate surface area is 131 Å². The number of carbonyl (C=O) groups is 1. The lowest BCUT2D eigenvalue weighted by Crippen LogP contribution is -2.51. The number of aromatic nitrogens is 2. The first kappa shape index (κ1) is 15.5. The van der Waals surface area contributed by atoms with Crippen LogP contribution < -0.4 is 0 Å². The maximum Gasteiger partial charge on any atom is 0.244 e. The molecule has 0 aromatic carbocycles. The summed E-state index contributed by atoms with van der Waals surface area (Å²) in [5.74, 6) is 0.156. The van der Waals surface area contributed by atoms with Crippen molar-refractivity contribution in [3.63, 3.8) is 0 Å². The Morgan fingerprint density at radius 2 is 2.09 bits per heavy atom. The highest BCUT2D eigenvalue weighted by Crippen LogP contribution is 2.21. The molecule has 2 aliphatic heterocycles. The van der Waals surface area contributed by atoms with Gasteiger partial charge < -0.3 is 10.0 Å². The summed E-state index contributed by atoms with van der Waals surface area (Å²) in [6, 6.07) is 2.44. The van der Waals surface area contributed by atoms with Gasteiger partial charge in [0, 0.05) is 37.6 Å². The first-order valence-corrected chi connectivity index (χ1v) is 8.32. The van der Waals surface area contributed by atoms with Crippen molar-refractivity contribution in [2.24, 2.45) is 0 Å². The van der Waals surface area contributed by atoms with Crippen LogP contribution in [0.5, 0.6) is 0 Å². The molecule has 0 spiro atoms. The van der Waals surface area contributed by atoms with Crippen molar-refractivity contribution in [3.8, 4) is 0 Å². The van der Waals surface area contributed by atoms with Crippen molar-refractivity contribution in [1.29, 1.82) is 0 Å². The first-order chi connectivity index (χ1) is 10.6. The summed E-state index contributed by atoms with van der Waals surface area (Å²) >= 11 is 0. The first-order valence-electron chi connectivity index (χ1n) is 8.32. The lowest BCUT2D eigenvalue weighted by molar-refractivity contribution is -0.133. The number of likely N-dealkylation sites (tertiary alicyclic amines) is 2. The van der Waals surface area contributed by atoms with E-state index in [0.717, 1.165) is 57.6 Å². The van der Waals surface area contributed by atoms with Crippen molar-refractivity contribution < 1.29 is 9.90 Å². The fraction of sp³-hybridized carbons (Fsp3) is 0.750. The third-order valence-electron chi connectivity index (χ3n) is 4.98. The number of rotatable bonds is 3. The number of nitrogens with zero attached hydrogens (tertiary/aromatic N) is 4. The number of aliphatic hydroxyl groups excluding tert-OH is 1. The van der Waals surface area contributed by atoms with Gasteiger partial charge in [0.05, 0.1) is 6.10 Å². The standard InChI is InChI=1S/C16H26N4O2/c1-13-4-7-17-20(13)12-16(22)18-9-5-14(6-10-18)19-8-2-3-15(21)11-19/h4,7,14-15,21H,2-3,5-6,8-12H2,1H3/t15-/m0/s1. The summed E-state index contributed by atoms with van der Waals surface area (Å²) < 4.78 is 1.76. The van der Waals surface area contributed by atoms with Crippen molar-refractivity contribution >= 4 is 5.91 Å². The molecule has 1 atom stereocenters. The lowest BCUT2D eigenvalue weighted by Gasteiger charge is -2.41. The van der Waals surface area contributed by atoms with Gasteiger partial charge in [-0.15, -0.1) is 0 Å². The van der Waals surface area contributed by atoms with E-state index in [9.17, 15) is 9.90 Å². The van der Waals surface area contributed by atoms with Crippen molar-refractivity contribution in [1.82, 2.24) is 19.6 Å². The molecule has 1 N–H and O–H groups in total. The zero-order chi connectivity index (χ0) is 15.5. The average molecular weight is 306 g/mol. The number of piperidine rings is 2. The van der Waals surface area contributed by atoms with E-state index >= 15 is 0 Å². The third-order valence-corrected chi connectivity index (χ3v) is 4.98. The summed E-state index contributed by atoms with van der Waals surface area (Å²) in [5, 5.41) is 14.0. The molecular formula is C16H26N4O2. The quantitative estimate of drug-likeness (QED) is 0.890. The Morgan fingerprint density at radius 1 is 1.32 bits per heavy atom. The molecule has 22 heavy (non-hydrogen) atoms. The van der Waals surface area contributed by atoms with Crippen LogP contribution in [-0.2, 0) is 11.3 Å². The van der Waals surface area contributed by atoms with Crippen LogP contribution in [0.2, 0.25) is 0 Å². The molecular weight excluding hydrogens is 280 g/mol. The smallest absolute Gasteiger partial charge is 0.244 e. The summed E-state index contributed by atoms with van der Waals surface area (Å²) in [7, 11) is 0. The van der Waals surface area contributed by atoms with Gasteiger partial charge in [0.2, 0.25) is 5.91 Å². The topological polar surface area (TPSA) is 61.6 Å². The van der Waals surface area contributed by atoms with E-state index < -0.39 is 0 Å². The van der Waals surface area contributed by atoms with E-state index in [2.05, 4.69) is 10.00 Å². The molecule has 1 aromatic heterocycles. The predicted molar refractivity (Wildman–Crippen MR) is 83.4 cm³/mol. The molecule has 1 amide bonds. The highest BCUT2D eigenvalue weighted by atomic mass is 16.3. The molecule has 3 rings (SSSR count). The average Bonchev–Trinajstić information content (AvgIpc) is 2.92. The number of aryl methyl sites for hydroxylation is 1. The number of β-amino-alcohol motifs (C(OH)–C–C–N with tert-alkyl or cyclic N) is 1. The molecule has 0 aliphatic carbocycles. The Hall–Kier alpha value is -1.40. The van der Waals surface area contributed by atoms with Gasteiger partial charge >= 0.3 is 0 Å². The molecule has 0 radical (unpaired) electrons. The fourth-order valence-corrected chi connectivity index (χ4v) is 3.59.